The summed E-state index contributed by atoms with van der Waals surface area (Å²) in [6, 6.07) is 13.5. The molecule has 3 nitrogen and oxygen atoms in total. The van der Waals surface area contributed by atoms with Gasteiger partial charge in [-0.25, -0.2) is 0 Å². The molecular formula is C18H16ClNO2S. The zero-order valence-electron chi connectivity index (χ0n) is 12.9. The first-order valence-corrected chi connectivity index (χ1v) is 8.38. The third-order valence-electron chi connectivity index (χ3n) is 3.72. The fourth-order valence-corrected chi connectivity index (χ4v) is 3.83. The van der Waals surface area contributed by atoms with Gasteiger partial charge in [0.1, 0.15) is 10.6 Å². The van der Waals surface area contributed by atoms with E-state index in [1.165, 1.54) is 11.3 Å². The van der Waals surface area contributed by atoms with Crippen LogP contribution < -0.4 is 10.1 Å². The molecule has 118 valence electrons. The number of nitrogens with one attached hydrogen (secondary N) is 1. The van der Waals surface area contributed by atoms with Gasteiger partial charge >= 0.3 is 0 Å². The molecule has 0 atom stereocenters. The van der Waals surface area contributed by atoms with Crippen LogP contribution in [0.4, 0.5) is 0 Å². The molecule has 0 aliphatic heterocycles. The molecule has 1 N–H and O–H groups in total. The second kappa shape index (κ2) is 6.60. The fourth-order valence-electron chi connectivity index (χ4n) is 2.46. The van der Waals surface area contributed by atoms with Gasteiger partial charge in [-0.3, -0.25) is 4.79 Å². The van der Waals surface area contributed by atoms with Crippen molar-refractivity contribution >= 4 is 38.9 Å². The molecule has 23 heavy (non-hydrogen) atoms. The van der Waals surface area contributed by atoms with Gasteiger partial charge in [-0.05, 0) is 36.2 Å². The second-order valence-electron chi connectivity index (χ2n) is 5.21. The van der Waals surface area contributed by atoms with E-state index >= 15 is 0 Å². The van der Waals surface area contributed by atoms with E-state index in [1.54, 1.807) is 13.2 Å². The monoisotopic (exact) mass is 345 g/mol. The Morgan fingerprint density at radius 1 is 1.26 bits per heavy atom. The first-order chi connectivity index (χ1) is 11.1. The highest BCUT2D eigenvalue weighted by molar-refractivity contribution is 7.21. The van der Waals surface area contributed by atoms with Gasteiger partial charge in [0.05, 0.1) is 7.11 Å². The summed E-state index contributed by atoms with van der Waals surface area (Å²) in [6.07, 6.45) is 0. The fraction of sp³-hybridized carbons (Fsp3) is 0.167. The van der Waals surface area contributed by atoms with Gasteiger partial charge in [0.2, 0.25) is 0 Å². The molecule has 3 rings (SSSR count). The predicted molar refractivity (Wildman–Crippen MR) is 95.7 cm³/mol. The van der Waals surface area contributed by atoms with E-state index < -0.39 is 0 Å². The van der Waals surface area contributed by atoms with Crippen molar-refractivity contribution in [1.29, 1.82) is 0 Å². The molecule has 0 bridgehead atoms. The predicted octanol–water partition coefficient (Wildman–Crippen LogP) is 4.80. The van der Waals surface area contributed by atoms with Crippen LogP contribution >= 0.6 is 22.9 Å². The number of carbonyl (C=O) groups excluding carboxylic acids is 1. The number of halogens is 1. The lowest BCUT2D eigenvalue weighted by Crippen LogP contribution is -2.22. The van der Waals surface area contributed by atoms with Gasteiger partial charge < -0.3 is 10.1 Å². The summed E-state index contributed by atoms with van der Waals surface area (Å²) in [5.74, 6) is 0.464. The van der Waals surface area contributed by atoms with Crippen molar-refractivity contribution in [3.8, 4) is 5.75 Å². The maximum Gasteiger partial charge on any atom is 0.265 e. The lowest BCUT2D eigenvalue weighted by molar-refractivity contribution is 0.0952. The Morgan fingerprint density at radius 2 is 2.04 bits per heavy atom. The van der Waals surface area contributed by atoms with E-state index in [9.17, 15) is 4.79 Å². The van der Waals surface area contributed by atoms with Crippen molar-refractivity contribution in [2.75, 3.05) is 7.11 Å². The lowest BCUT2D eigenvalue weighted by Gasteiger charge is -2.08. The average Bonchev–Trinajstić information content (AvgIpc) is 2.91. The number of hydrogen-bond acceptors (Lipinski definition) is 3. The Balaban J connectivity index is 1.87. The zero-order chi connectivity index (χ0) is 16.4. The molecule has 0 saturated heterocycles. The molecule has 1 aromatic heterocycles. The molecule has 3 aromatic rings. The largest absolute Gasteiger partial charge is 0.494 e. The Bertz CT molecular complexity index is 873. The molecule has 0 spiro atoms. The molecule has 1 heterocycles. The molecule has 2 aromatic carbocycles. The van der Waals surface area contributed by atoms with E-state index in [0.717, 1.165) is 21.2 Å². The van der Waals surface area contributed by atoms with Gasteiger partial charge in [0.15, 0.2) is 0 Å². The number of rotatable bonds is 4. The van der Waals surface area contributed by atoms with Crippen molar-refractivity contribution in [3.05, 3.63) is 63.5 Å². The van der Waals surface area contributed by atoms with Crippen LogP contribution in [0, 0.1) is 6.92 Å². The van der Waals surface area contributed by atoms with Crippen molar-refractivity contribution in [2.24, 2.45) is 0 Å². The SMILES string of the molecule is COc1c(C(=O)NCc2ccccc2C)sc2cc(Cl)ccc12. The Morgan fingerprint density at radius 3 is 2.78 bits per heavy atom. The number of fused-ring (bicyclic) bond motifs is 1. The van der Waals surface area contributed by atoms with E-state index in [4.69, 9.17) is 16.3 Å². The minimum Gasteiger partial charge on any atom is -0.494 e. The number of ether oxygens (including phenoxy) is 1. The molecule has 0 unspecified atom stereocenters. The van der Waals surface area contributed by atoms with Crippen LogP contribution in [-0.2, 0) is 6.54 Å². The number of carbonyl (C=O) groups is 1. The Hall–Kier alpha value is -2.04. The molecule has 0 radical (unpaired) electrons. The quantitative estimate of drug-likeness (QED) is 0.737. The van der Waals surface area contributed by atoms with Crippen LogP contribution in [0.1, 0.15) is 20.8 Å². The highest BCUT2D eigenvalue weighted by Crippen LogP contribution is 2.38. The number of thiophene rings is 1. The topological polar surface area (TPSA) is 38.3 Å². The maximum atomic E-state index is 12.5. The first kappa shape index (κ1) is 15.8. The molecule has 0 fully saturated rings. The van der Waals surface area contributed by atoms with E-state index in [0.29, 0.717) is 22.2 Å². The summed E-state index contributed by atoms with van der Waals surface area (Å²) in [5.41, 5.74) is 2.26. The van der Waals surface area contributed by atoms with Gasteiger partial charge in [-0.2, -0.15) is 0 Å². The van der Waals surface area contributed by atoms with Crippen LogP contribution in [-0.4, -0.2) is 13.0 Å². The smallest absolute Gasteiger partial charge is 0.265 e. The number of aryl methyl sites for hydroxylation is 1. The third kappa shape index (κ3) is 3.19. The van der Waals surface area contributed by atoms with Gasteiger partial charge in [0.25, 0.3) is 5.91 Å². The van der Waals surface area contributed by atoms with Crippen LogP contribution in [0.25, 0.3) is 10.1 Å². The Labute approximate surface area is 143 Å². The summed E-state index contributed by atoms with van der Waals surface area (Å²) in [6.45, 7) is 2.52. The number of hydrogen-bond donors (Lipinski definition) is 1. The molecule has 1 amide bonds. The minimum atomic E-state index is -0.137. The molecule has 5 heteroatoms. The standard InChI is InChI=1S/C18H16ClNO2S/c1-11-5-3-4-6-12(11)10-20-18(21)17-16(22-2)14-8-7-13(19)9-15(14)23-17/h3-9H,10H2,1-2H3,(H,20,21). The van der Waals surface area contributed by atoms with E-state index in [-0.39, 0.29) is 5.91 Å². The maximum absolute atomic E-state index is 12.5. The molecule has 0 saturated carbocycles. The molecular weight excluding hydrogens is 330 g/mol. The summed E-state index contributed by atoms with van der Waals surface area (Å²) in [5, 5.41) is 4.52. The molecule has 0 aliphatic rings. The normalized spacial score (nSPS) is 10.7. The van der Waals surface area contributed by atoms with Crippen molar-refractivity contribution in [1.82, 2.24) is 5.32 Å². The lowest BCUT2D eigenvalue weighted by atomic mass is 10.1. The van der Waals surface area contributed by atoms with Crippen molar-refractivity contribution in [2.45, 2.75) is 13.5 Å². The third-order valence-corrected chi connectivity index (χ3v) is 5.09. The van der Waals surface area contributed by atoms with Crippen LogP contribution in [0.2, 0.25) is 5.02 Å². The highest BCUT2D eigenvalue weighted by Gasteiger charge is 2.19. The number of methoxy groups -OCH3 is 1. The van der Waals surface area contributed by atoms with Gasteiger partial charge in [-0.15, -0.1) is 11.3 Å². The summed E-state index contributed by atoms with van der Waals surface area (Å²) < 4.78 is 6.38. The zero-order valence-corrected chi connectivity index (χ0v) is 14.4. The van der Waals surface area contributed by atoms with Crippen LogP contribution in [0.15, 0.2) is 42.5 Å². The number of benzene rings is 2. The molecule has 0 aliphatic carbocycles. The van der Waals surface area contributed by atoms with Crippen LogP contribution in [0.3, 0.4) is 0 Å². The van der Waals surface area contributed by atoms with Crippen molar-refractivity contribution in [3.63, 3.8) is 0 Å². The minimum absolute atomic E-state index is 0.137. The summed E-state index contributed by atoms with van der Waals surface area (Å²) in [4.78, 5) is 13.1. The number of amides is 1. The summed E-state index contributed by atoms with van der Waals surface area (Å²) >= 11 is 7.42. The van der Waals surface area contributed by atoms with Gasteiger partial charge in [-0.1, -0.05) is 35.9 Å². The van der Waals surface area contributed by atoms with E-state index in [2.05, 4.69) is 5.32 Å². The average molecular weight is 346 g/mol. The van der Waals surface area contributed by atoms with Crippen molar-refractivity contribution < 1.29 is 9.53 Å². The summed E-state index contributed by atoms with van der Waals surface area (Å²) in [7, 11) is 1.58. The van der Waals surface area contributed by atoms with Crippen LogP contribution in [0.5, 0.6) is 5.75 Å². The Kier molecular flexibility index (Phi) is 4.55. The highest BCUT2D eigenvalue weighted by atomic mass is 35.5. The second-order valence-corrected chi connectivity index (χ2v) is 6.70. The van der Waals surface area contributed by atoms with E-state index in [1.807, 2.05) is 43.3 Å². The first-order valence-electron chi connectivity index (χ1n) is 7.19. The van der Waals surface area contributed by atoms with Gasteiger partial charge in [0, 0.05) is 21.7 Å².